The molecule has 3 rings (SSSR count). The van der Waals surface area contributed by atoms with Crippen molar-refractivity contribution in [3.8, 4) is 5.75 Å². The molecule has 2 aliphatic heterocycles. The van der Waals surface area contributed by atoms with Crippen LogP contribution in [-0.2, 0) is 10.5 Å². The fraction of sp³-hybridized carbons (Fsp3) is 0.438. The molecular weight excluding hydrogens is 294 g/mol. The highest BCUT2D eigenvalue weighted by Crippen LogP contribution is 2.22. The minimum Gasteiger partial charge on any atom is -0.492 e. The molecule has 0 aromatic heterocycles. The normalized spacial score (nSPS) is 24.8. The van der Waals surface area contributed by atoms with Crippen molar-refractivity contribution < 1.29 is 9.47 Å². The van der Waals surface area contributed by atoms with Crippen molar-refractivity contribution in [2.45, 2.75) is 5.79 Å². The van der Waals surface area contributed by atoms with Gasteiger partial charge in [-0.3, -0.25) is 10.6 Å². The minimum absolute atomic E-state index is 0.400. The van der Waals surface area contributed by atoms with Gasteiger partial charge in [-0.2, -0.15) is 0 Å². The molecule has 1 aromatic rings. The highest BCUT2D eigenvalue weighted by atomic mass is 16.5. The average Bonchev–Trinajstić information content (AvgIpc) is 2.56. The zero-order chi connectivity index (χ0) is 16.1. The Labute approximate surface area is 135 Å². The first kappa shape index (κ1) is 15.8. The number of nitrogens with two attached hydrogens (primary N) is 2. The first-order chi connectivity index (χ1) is 11.2. The topological polar surface area (TPSA) is 98.1 Å². The molecule has 0 spiro atoms. The molecule has 23 heavy (non-hydrogen) atoms. The molecule has 0 bridgehead atoms. The van der Waals surface area contributed by atoms with Crippen LogP contribution < -0.4 is 21.5 Å². The molecule has 124 valence electrons. The Morgan fingerprint density at radius 3 is 2.70 bits per heavy atom. The number of hydrogen-bond donors (Lipinski definition) is 3. The van der Waals surface area contributed by atoms with Gasteiger partial charge in [-0.25, -0.2) is 4.99 Å². The van der Waals surface area contributed by atoms with Crippen molar-refractivity contribution in [2.75, 3.05) is 39.5 Å². The number of rotatable bonds is 5. The number of amidine groups is 1. The number of benzene rings is 1. The quantitative estimate of drug-likeness (QED) is 0.704. The van der Waals surface area contributed by atoms with Crippen LogP contribution in [0.1, 0.15) is 5.56 Å². The summed E-state index contributed by atoms with van der Waals surface area (Å²) in [5, 5.41) is 3.02. The van der Waals surface area contributed by atoms with Crippen molar-refractivity contribution in [1.29, 1.82) is 0 Å². The zero-order valence-corrected chi connectivity index (χ0v) is 13.1. The third kappa shape index (κ3) is 4.01. The lowest BCUT2D eigenvalue weighted by molar-refractivity contribution is 0.0322. The van der Waals surface area contributed by atoms with Gasteiger partial charge in [0.2, 0.25) is 5.79 Å². The fourth-order valence-electron chi connectivity index (χ4n) is 2.60. The predicted molar refractivity (Wildman–Crippen MR) is 89.0 cm³/mol. The van der Waals surface area contributed by atoms with Crippen molar-refractivity contribution in [3.63, 3.8) is 0 Å². The molecule has 0 radical (unpaired) electrons. The van der Waals surface area contributed by atoms with Gasteiger partial charge >= 0.3 is 0 Å². The van der Waals surface area contributed by atoms with E-state index in [-0.39, 0.29) is 0 Å². The van der Waals surface area contributed by atoms with Crippen LogP contribution in [0.3, 0.4) is 0 Å². The van der Waals surface area contributed by atoms with Gasteiger partial charge in [0.25, 0.3) is 0 Å². The van der Waals surface area contributed by atoms with Crippen LogP contribution in [-0.4, -0.2) is 50.2 Å². The molecule has 0 saturated carbocycles. The van der Waals surface area contributed by atoms with Gasteiger partial charge in [0.15, 0.2) is 0 Å². The van der Waals surface area contributed by atoms with Crippen LogP contribution >= 0.6 is 0 Å². The van der Waals surface area contributed by atoms with Crippen molar-refractivity contribution >= 4 is 5.84 Å². The van der Waals surface area contributed by atoms with E-state index in [0.29, 0.717) is 12.4 Å². The molecule has 1 saturated heterocycles. The maximum Gasteiger partial charge on any atom is 0.211 e. The number of aliphatic imine (C=N–C) groups is 1. The Morgan fingerprint density at radius 1 is 1.26 bits per heavy atom. The Hall–Kier alpha value is -2.09. The molecular formula is C16H23N5O2. The number of ether oxygens (including phenoxy) is 2. The first-order valence-electron chi connectivity index (χ1n) is 7.78. The summed E-state index contributed by atoms with van der Waals surface area (Å²) in [5.41, 5.74) is 12.8. The second-order valence-corrected chi connectivity index (χ2v) is 5.61. The third-order valence-corrected chi connectivity index (χ3v) is 3.94. The van der Waals surface area contributed by atoms with E-state index in [1.54, 1.807) is 12.3 Å². The summed E-state index contributed by atoms with van der Waals surface area (Å²) in [7, 11) is 0. The summed E-state index contributed by atoms with van der Waals surface area (Å²) in [6, 6.07) is 7.59. The second kappa shape index (κ2) is 6.99. The molecule has 0 aliphatic carbocycles. The van der Waals surface area contributed by atoms with Gasteiger partial charge in [0.05, 0.1) is 13.2 Å². The minimum atomic E-state index is -1.02. The van der Waals surface area contributed by atoms with Crippen LogP contribution in [0.2, 0.25) is 0 Å². The molecule has 2 heterocycles. The molecule has 7 nitrogen and oxygen atoms in total. The van der Waals surface area contributed by atoms with Crippen LogP contribution in [0.15, 0.2) is 41.5 Å². The Balaban J connectivity index is 1.54. The lowest BCUT2D eigenvalue weighted by atomic mass is 10.1. The number of nitrogens with one attached hydrogen (secondary N) is 1. The average molecular weight is 317 g/mol. The molecule has 1 aromatic carbocycles. The van der Waals surface area contributed by atoms with Gasteiger partial charge < -0.3 is 20.5 Å². The number of morpholine rings is 1. The second-order valence-electron chi connectivity index (χ2n) is 5.61. The highest BCUT2D eigenvalue weighted by Gasteiger charge is 2.27. The van der Waals surface area contributed by atoms with E-state index in [1.807, 2.05) is 24.3 Å². The lowest BCUT2D eigenvalue weighted by Crippen LogP contribution is -2.49. The molecule has 0 amide bonds. The summed E-state index contributed by atoms with van der Waals surface area (Å²) in [6.07, 6.45) is 3.38. The highest BCUT2D eigenvalue weighted by molar-refractivity contribution is 5.92. The van der Waals surface area contributed by atoms with E-state index in [9.17, 15) is 0 Å². The SMILES string of the molecule is NC1=NC(N)(c2ccc(OCCN3CCOCC3)cc2)NC=C1. The van der Waals surface area contributed by atoms with Gasteiger partial charge in [-0.1, -0.05) is 0 Å². The molecule has 1 unspecified atom stereocenters. The summed E-state index contributed by atoms with van der Waals surface area (Å²) < 4.78 is 11.1. The maximum absolute atomic E-state index is 6.23. The molecule has 2 aliphatic rings. The lowest BCUT2D eigenvalue weighted by Gasteiger charge is -2.29. The fourth-order valence-corrected chi connectivity index (χ4v) is 2.60. The van der Waals surface area contributed by atoms with Crippen LogP contribution in [0.25, 0.3) is 0 Å². The molecule has 7 heteroatoms. The van der Waals surface area contributed by atoms with E-state index in [0.717, 1.165) is 44.2 Å². The predicted octanol–water partition coefficient (Wildman–Crippen LogP) is -0.0593. The van der Waals surface area contributed by atoms with Crippen molar-refractivity contribution in [2.24, 2.45) is 16.5 Å². The van der Waals surface area contributed by atoms with Gasteiger partial charge in [0.1, 0.15) is 18.2 Å². The first-order valence-corrected chi connectivity index (χ1v) is 7.78. The van der Waals surface area contributed by atoms with Crippen molar-refractivity contribution in [3.05, 3.63) is 42.1 Å². The standard InChI is InChI=1S/C16H23N5O2/c17-15-5-6-19-16(18,20-15)13-1-3-14(4-2-13)23-12-9-21-7-10-22-11-8-21/h1-6,19H,7-12,18H2,(H2,17,20). The summed E-state index contributed by atoms with van der Waals surface area (Å²) >= 11 is 0. The van der Waals surface area contributed by atoms with Gasteiger partial charge in [-0.15, -0.1) is 0 Å². The number of nitrogens with zero attached hydrogens (tertiary/aromatic N) is 2. The maximum atomic E-state index is 6.23. The Morgan fingerprint density at radius 2 is 2.00 bits per heavy atom. The largest absolute Gasteiger partial charge is 0.492 e. The van der Waals surface area contributed by atoms with Crippen LogP contribution in [0.4, 0.5) is 0 Å². The summed E-state index contributed by atoms with van der Waals surface area (Å²) in [5.74, 6) is 0.191. The van der Waals surface area contributed by atoms with Crippen LogP contribution in [0, 0.1) is 0 Å². The van der Waals surface area contributed by atoms with Crippen LogP contribution in [0.5, 0.6) is 5.75 Å². The van der Waals surface area contributed by atoms with E-state index in [2.05, 4.69) is 15.2 Å². The smallest absolute Gasteiger partial charge is 0.211 e. The zero-order valence-electron chi connectivity index (χ0n) is 13.1. The molecule has 5 N–H and O–H groups in total. The van der Waals surface area contributed by atoms with Gasteiger partial charge in [0, 0.05) is 31.4 Å². The summed E-state index contributed by atoms with van der Waals surface area (Å²) in [4.78, 5) is 6.59. The monoisotopic (exact) mass is 317 g/mol. The van der Waals surface area contributed by atoms with E-state index >= 15 is 0 Å². The summed E-state index contributed by atoms with van der Waals surface area (Å²) in [6.45, 7) is 5.10. The molecule has 1 atom stereocenters. The van der Waals surface area contributed by atoms with Gasteiger partial charge in [-0.05, 0) is 30.3 Å². The third-order valence-electron chi connectivity index (χ3n) is 3.94. The Bertz CT molecular complexity index is 581. The Kier molecular flexibility index (Phi) is 4.80. The van der Waals surface area contributed by atoms with E-state index in [4.69, 9.17) is 20.9 Å². The molecule has 1 fully saturated rings. The van der Waals surface area contributed by atoms with E-state index < -0.39 is 5.79 Å². The van der Waals surface area contributed by atoms with E-state index in [1.165, 1.54) is 0 Å². The number of hydrogen-bond acceptors (Lipinski definition) is 7. The van der Waals surface area contributed by atoms with Crippen molar-refractivity contribution in [1.82, 2.24) is 10.2 Å².